The van der Waals surface area contributed by atoms with Gasteiger partial charge in [0.15, 0.2) is 0 Å². The standard InChI is InChI=1S/C20H27N3O3S/c1-14(2)17-7-5-16(6-8-17)13-23(4)15(3)20(24)22-18-9-11-19(12-10-18)27(21,25)26/h5-12,14-15H,13H2,1-4H3,(H,22,24)(H2,21,25,26)/t15-/m1/s1. The van der Waals surface area contributed by atoms with E-state index >= 15 is 0 Å². The molecule has 2 rings (SSSR count). The summed E-state index contributed by atoms with van der Waals surface area (Å²) in [5, 5.41) is 7.87. The average Bonchev–Trinajstić information content (AvgIpc) is 2.61. The Balaban J connectivity index is 1.97. The van der Waals surface area contributed by atoms with Gasteiger partial charge in [-0.15, -0.1) is 0 Å². The van der Waals surface area contributed by atoms with Crippen LogP contribution >= 0.6 is 0 Å². The molecule has 2 aromatic rings. The van der Waals surface area contributed by atoms with Crippen LogP contribution in [0.4, 0.5) is 5.69 Å². The zero-order valence-electron chi connectivity index (χ0n) is 16.1. The van der Waals surface area contributed by atoms with Crippen molar-refractivity contribution in [1.82, 2.24) is 4.90 Å². The minimum absolute atomic E-state index is 0.00973. The van der Waals surface area contributed by atoms with Crippen LogP contribution in [0.25, 0.3) is 0 Å². The number of carbonyl (C=O) groups is 1. The summed E-state index contributed by atoms with van der Waals surface area (Å²) in [6.07, 6.45) is 0. The smallest absolute Gasteiger partial charge is 0.241 e. The monoisotopic (exact) mass is 389 g/mol. The van der Waals surface area contributed by atoms with Gasteiger partial charge in [0, 0.05) is 12.2 Å². The van der Waals surface area contributed by atoms with Gasteiger partial charge >= 0.3 is 0 Å². The summed E-state index contributed by atoms with van der Waals surface area (Å²) < 4.78 is 22.6. The number of amides is 1. The van der Waals surface area contributed by atoms with Crippen molar-refractivity contribution >= 4 is 21.6 Å². The van der Waals surface area contributed by atoms with Crippen molar-refractivity contribution in [3.8, 4) is 0 Å². The molecule has 7 heteroatoms. The maximum atomic E-state index is 12.5. The van der Waals surface area contributed by atoms with Crippen molar-refractivity contribution in [2.24, 2.45) is 5.14 Å². The largest absolute Gasteiger partial charge is 0.325 e. The van der Waals surface area contributed by atoms with E-state index in [1.54, 1.807) is 0 Å². The molecular weight excluding hydrogens is 362 g/mol. The number of hydrogen-bond acceptors (Lipinski definition) is 4. The van der Waals surface area contributed by atoms with Crippen LogP contribution in [-0.4, -0.2) is 32.3 Å². The number of hydrogen-bond donors (Lipinski definition) is 2. The van der Waals surface area contributed by atoms with E-state index in [1.165, 1.54) is 29.8 Å². The molecule has 1 amide bonds. The molecule has 146 valence electrons. The van der Waals surface area contributed by atoms with Gasteiger partial charge in [0.05, 0.1) is 10.9 Å². The van der Waals surface area contributed by atoms with Gasteiger partial charge in [-0.1, -0.05) is 38.1 Å². The first-order chi connectivity index (χ1) is 12.6. The molecule has 0 aliphatic rings. The second-order valence-electron chi connectivity index (χ2n) is 7.05. The van der Waals surface area contributed by atoms with Crippen LogP contribution in [-0.2, 0) is 21.4 Å². The van der Waals surface area contributed by atoms with Crippen LogP contribution in [0.2, 0.25) is 0 Å². The highest BCUT2D eigenvalue weighted by atomic mass is 32.2. The maximum absolute atomic E-state index is 12.5. The van der Waals surface area contributed by atoms with E-state index < -0.39 is 10.0 Å². The third kappa shape index (κ3) is 5.89. The minimum Gasteiger partial charge on any atom is -0.325 e. The average molecular weight is 390 g/mol. The lowest BCUT2D eigenvalue weighted by Crippen LogP contribution is -2.39. The number of likely N-dealkylation sites (N-methyl/N-ethyl adjacent to an activating group) is 1. The fraction of sp³-hybridized carbons (Fsp3) is 0.350. The van der Waals surface area contributed by atoms with E-state index in [2.05, 4.69) is 43.4 Å². The van der Waals surface area contributed by atoms with Gasteiger partial charge in [-0.05, 0) is 55.3 Å². The molecule has 1 atom stereocenters. The maximum Gasteiger partial charge on any atom is 0.241 e. The molecule has 0 saturated carbocycles. The Morgan fingerprint density at radius 3 is 2.07 bits per heavy atom. The third-order valence-corrected chi connectivity index (χ3v) is 5.50. The van der Waals surface area contributed by atoms with Gasteiger partial charge < -0.3 is 5.32 Å². The molecule has 0 aliphatic heterocycles. The number of anilines is 1. The summed E-state index contributed by atoms with van der Waals surface area (Å²) in [6, 6.07) is 13.8. The molecule has 0 radical (unpaired) electrons. The van der Waals surface area contributed by atoms with Crippen molar-refractivity contribution in [1.29, 1.82) is 0 Å². The first-order valence-electron chi connectivity index (χ1n) is 8.80. The predicted octanol–water partition coefficient (Wildman–Crippen LogP) is 2.92. The number of rotatable bonds is 7. The molecule has 27 heavy (non-hydrogen) atoms. The summed E-state index contributed by atoms with van der Waals surface area (Å²) in [5.41, 5.74) is 2.95. The van der Waals surface area contributed by atoms with Crippen LogP contribution < -0.4 is 10.5 Å². The molecular formula is C20H27N3O3S. The number of carbonyl (C=O) groups excluding carboxylic acids is 1. The molecule has 0 aromatic heterocycles. The van der Waals surface area contributed by atoms with Gasteiger partial charge in [-0.3, -0.25) is 9.69 Å². The molecule has 0 saturated heterocycles. The highest BCUT2D eigenvalue weighted by Crippen LogP contribution is 2.17. The normalized spacial score (nSPS) is 13.0. The van der Waals surface area contributed by atoms with Crippen LogP contribution in [0.15, 0.2) is 53.4 Å². The van der Waals surface area contributed by atoms with E-state index in [9.17, 15) is 13.2 Å². The number of nitrogens with two attached hydrogens (primary N) is 1. The SMILES string of the molecule is CC(C)c1ccc(CN(C)[C@H](C)C(=O)Nc2ccc(S(N)(=O)=O)cc2)cc1. The first-order valence-corrected chi connectivity index (χ1v) is 10.4. The Morgan fingerprint density at radius 2 is 1.59 bits per heavy atom. The number of nitrogens with one attached hydrogen (secondary N) is 1. The summed E-state index contributed by atoms with van der Waals surface area (Å²) in [4.78, 5) is 14.4. The molecule has 6 nitrogen and oxygen atoms in total. The van der Waals surface area contributed by atoms with Crippen LogP contribution in [0.1, 0.15) is 37.8 Å². The number of primary sulfonamides is 1. The Labute approximate surface area is 161 Å². The summed E-state index contributed by atoms with van der Waals surface area (Å²) in [6.45, 7) is 6.79. The number of sulfonamides is 1. The quantitative estimate of drug-likeness (QED) is 0.761. The minimum atomic E-state index is -3.74. The van der Waals surface area contributed by atoms with E-state index in [-0.39, 0.29) is 16.8 Å². The summed E-state index contributed by atoms with van der Waals surface area (Å²) >= 11 is 0. The molecule has 0 heterocycles. The Bertz CT molecular complexity index is 876. The van der Waals surface area contributed by atoms with Crippen molar-refractivity contribution in [2.45, 2.75) is 44.2 Å². The highest BCUT2D eigenvalue weighted by Gasteiger charge is 2.18. The number of nitrogens with zero attached hydrogens (tertiary/aromatic N) is 1. The molecule has 0 unspecified atom stereocenters. The second-order valence-corrected chi connectivity index (χ2v) is 8.61. The van der Waals surface area contributed by atoms with Crippen molar-refractivity contribution in [2.75, 3.05) is 12.4 Å². The van der Waals surface area contributed by atoms with Gasteiger partial charge in [-0.25, -0.2) is 13.6 Å². The third-order valence-electron chi connectivity index (χ3n) is 4.57. The van der Waals surface area contributed by atoms with Crippen molar-refractivity contribution in [3.63, 3.8) is 0 Å². The molecule has 0 spiro atoms. The molecule has 3 N–H and O–H groups in total. The summed E-state index contributed by atoms with van der Waals surface area (Å²) in [5.74, 6) is 0.321. The van der Waals surface area contributed by atoms with E-state index in [4.69, 9.17) is 5.14 Å². The van der Waals surface area contributed by atoms with Crippen LogP contribution in [0, 0.1) is 0 Å². The number of benzene rings is 2. The Kier molecular flexibility index (Phi) is 6.75. The zero-order chi connectivity index (χ0) is 20.2. The molecule has 2 aromatic carbocycles. The Hall–Kier alpha value is -2.22. The van der Waals surface area contributed by atoms with Crippen molar-refractivity contribution in [3.05, 3.63) is 59.7 Å². The van der Waals surface area contributed by atoms with E-state index in [0.717, 1.165) is 5.56 Å². The second kappa shape index (κ2) is 8.65. The van der Waals surface area contributed by atoms with Crippen LogP contribution in [0.3, 0.4) is 0 Å². The highest BCUT2D eigenvalue weighted by molar-refractivity contribution is 7.89. The van der Waals surface area contributed by atoms with E-state index in [0.29, 0.717) is 18.2 Å². The fourth-order valence-corrected chi connectivity index (χ4v) is 3.12. The lowest BCUT2D eigenvalue weighted by atomic mass is 10.0. The summed E-state index contributed by atoms with van der Waals surface area (Å²) in [7, 11) is -1.85. The van der Waals surface area contributed by atoms with Gasteiger partial charge in [-0.2, -0.15) is 0 Å². The molecule has 0 aliphatic carbocycles. The molecule has 0 fully saturated rings. The fourth-order valence-electron chi connectivity index (χ4n) is 2.61. The van der Waals surface area contributed by atoms with Crippen molar-refractivity contribution < 1.29 is 13.2 Å². The van der Waals surface area contributed by atoms with Gasteiger partial charge in [0.25, 0.3) is 0 Å². The molecule has 0 bridgehead atoms. The van der Waals surface area contributed by atoms with Gasteiger partial charge in [0.2, 0.25) is 15.9 Å². The van der Waals surface area contributed by atoms with Gasteiger partial charge in [0.1, 0.15) is 0 Å². The predicted molar refractivity (Wildman–Crippen MR) is 108 cm³/mol. The van der Waals surface area contributed by atoms with Crippen LogP contribution in [0.5, 0.6) is 0 Å². The zero-order valence-corrected chi connectivity index (χ0v) is 17.0. The van der Waals surface area contributed by atoms with E-state index in [1.807, 2.05) is 18.9 Å². The lowest BCUT2D eigenvalue weighted by Gasteiger charge is -2.24. The topological polar surface area (TPSA) is 92.5 Å². The Morgan fingerprint density at radius 1 is 1.04 bits per heavy atom. The lowest BCUT2D eigenvalue weighted by molar-refractivity contribution is -0.120. The first kappa shape index (κ1) is 21.1.